The van der Waals surface area contributed by atoms with Gasteiger partial charge in [0.15, 0.2) is 0 Å². The Morgan fingerprint density at radius 1 is 1.64 bits per heavy atom. The average Bonchev–Trinajstić information content (AvgIpc) is 1.97. The number of hydrogen-bond donors (Lipinski definition) is 2. The third kappa shape index (κ3) is 6.86. The van der Waals surface area contributed by atoms with Crippen molar-refractivity contribution in [2.45, 2.75) is 6.92 Å². The topological polar surface area (TPSA) is 44.4 Å². The molecular formula is C7H15N3O. The monoisotopic (exact) mass is 157 g/mol. The van der Waals surface area contributed by atoms with Crippen LogP contribution in [0.1, 0.15) is 6.92 Å². The molecule has 0 heterocycles. The fourth-order valence-electron chi connectivity index (χ4n) is 0.488. The first kappa shape index (κ1) is 9.97. The van der Waals surface area contributed by atoms with Crippen LogP contribution in [0, 0.1) is 0 Å². The number of hydrogen-bond acceptors (Lipinski definition) is 3. The summed E-state index contributed by atoms with van der Waals surface area (Å²) in [7, 11) is 3.70. The van der Waals surface area contributed by atoms with Gasteiger partial charge in [0.05, 0.1) is 0 Å². The lowest BCUT2D eigenvalue weighted by atomic mass is 10.5. The molecule has 0 unspecified atom stereocenters. The number of nitrogens with one attached hydrogen (secondary N) is 2. The Bertz CT molecular complexity index is 145. The van der Waals surface area contributed by atoms with Crippen LogP contribution in [0.15, 0.2) is 12.3 Å². The molecule has 64 valence electrons. The van der Waals surface area contributed by atoms with Crippen molar-refractivity contribution in [2.75, 3.05) is 20.6 Å². The van der Waals surface area contributed by atoms with Crippen LogP contribution < -0.4 is 10.7 Å². The summed E-state index contributed by atoms with van der Waals surface area (Å²) in [6.07, 6.45) is 3.70. The highest BCUT2D eigenvalue weighted by Crippen LogP contribution is 1.75. The van der Waals surface area contributed by atoms with E-state index in [1.165, 1.54) is 6.92 Å². The highest BCUT2D eigenvalue weighted by atomic mass is 16.1. The van der Waals surface area contributed by atoms with Gasteiger partial charge >= 0.3 is 0 Å². The minimum Gasteiger partial charge on any atom is -0.353 e. The fourth-order valence-corrected chi connectivity index (χ4v) is 0.488. The van der Waals surface area contributed by atoms with Gasteiger partial charge in [-0.1, -0.05) is 0 Å². The van der Waals surface area contributed by atoms with Crippen molar-refractivity contribution in [1.29, 1.82) is 0 Å². The summed E-state index contributed by atoms with van der Waals surface area (Å²) < 4.78 is 0. The van der Waals surface area contributed by atoms with Crippen molar-refractivity contribution in [3.05, 3.63) is 12.3 Å². The standard InChI is InChI=1S/C7H15N3O/c1-7(11)9-5-4-6-10(3)8-2/h4,6,8H,5H2,1-3H3,(H,9,11)/b6-4-. The summed E-state index contributed by atoms with van der Waals surface area (Å²) in [5, 5.41) is 4.44. The van der Waals surface area contributed by atoms with E-state index >= 15 is 0 Å². The minimum atomic E-state index is -0.0123. The first-order valence-electron chi connectivity index (χ1n) is 3.48. The average molecular weight is 157 g/mol. The molecular weight excluding hydrogens is 142 g/mol. The third-order valence-corrected chi connectivity index (χ3v) is 1.15. The molecule has 0 aliphatic rings. The second-order valence-electron chi connectivity index (χ2n) is 2.16. The Morgan fingerprint density at radius 2 is 2.27 bits per heavy atom. The Balaban J connectivity index is 3.36. The summed E-state index contributed by atoms with van der Waals surface area (Å²) in [5.74, 6) is -0.0123. The molecule has 0 aliphatic carbocycles. The summed E-state index contributed by atoms with van der Waals surface area (Å²) in [4.78, 5) is 10.4. The molecule has 0 rings (SSSR count). The highest BCUT2D eigenvalue weighted by molar-refractivity contribution is 5.72. The summed E-state index contributed by atoms with van der Waals surface area (Å²) >= 11 is 0. The van der Waals surface area contributed by atoms with Crippen LogP contribution in [-0.2, 0) is 4.79 Å². The molecule has 11 heavy (non-hydrogen) atoms. The zero-order chi connectivity index (χ0) is 8.69. The lowest BCUT2D eigenvalue weighted by Crippen LogP contribution is -2.26. The molecule has 4 heteroatoms. The number of rotatable bonds is 4. The number of nitrogens with zero attached hydrogens (tertiary/aromatic N) is 1. The van der Waals surface area contributed by atoms with Crippen LogP contribution in [0.5, 0.6) is 0 Å². The lowest BCUT2D eigenvalue weighted by Gasteiger charge is -2.10. The van der Waals surface area contributed by atoms with Gasteiger partial charge in [0.25, 0.3) is 0 Å². The van der Waals surface area contributed by atoms with E-state index in [-0.39, 0.29) is 5.91 Å². The maximum absolute atomic E-state index is 10.4. The van der Waals surface area contributed by atoms with Crippen LogP contribution >= 0.6 is 0 Å². The number of carbonyl (C=O) groups excluding carboxylic acids is 1. The number of carbonyl (C=O) groups is 1. The van der Waals surface area contributed by atoms with Gasteiger partial charge in [0.2, 0.25) is 5.91 Å². The van der Waals surface area contributed by atoms with Crippen molar-refractivity contribution < 1.29 is 4.79 Å². The smallest absolute Gasteiger partial charge is 0.217 e. The first-order valence-corrected chi connectivity index (χ1v) is 3.48. The minimum absolute atomic E-state index is 0.0123. The second kappa shape index (κ2) is 5.73. The quantitative estimate of drug-likeness (QED) is 0.551. The molecule has 0 radical (unpaired) electrons. The van der Waals surface area contributed by atoms with Crippen LogP contribution in [-0.4, -0.2) is 31.6 Å². The first-order chi connectivity index (χ1) is 5.16. The Hall–Kier alpha value is -1.03. The van der Waals surface area contributed by atoms with Crippen molar-refractivity contribution in [3.63, 3.8) is 0 Å². The maximum Gasteiger partial charge on any atom is 0.217 e. The highest BCUT2D eigenvalue weighted by Gasteiger charge is 1.85. The lowest BCUT2D eigenvalue weighted by molar-refractivity contribution is -0.118. The van der Waals surface area contributed by atoms with Crippen molar-refractivity contribution in [1.82, 2.24) is 15.8 Å². The summed E-state index contributed by atoms with van der Waals surface area (Å²) in [5.41, 5.74) is 2.89. The van der Waals surface area contributed by atoms with Gasteiger partial charge in [0.1, 0.15) is 0 Å². The molecule has 0 aromatic heterocycles. The largest absolute Gasteiger partial charge is 0.353 e. The van der Waals surface area contributed by atoms with Gasteiger partial charge in [-0.05, 0) is 6.08 Å². The predicted octanol–water partition coefficient (Wildman–Crippen LogP) is -0.298. The third-order valence-electron chi connectivity index (χ3n) is 1.15. The van der Waals surface area contributed by atoms with Gasteiger partial charge in [-0.25, -0.2) is 5.43 Å². The summed E-state index contributed by atoms with van der Waals surface area (Å²) in [6.45, 7) is 2.07. The molecule has 0 aromatic carbocycles. The normalized spacial score (nSPS) is 10.1. The van der Waals surface area contributed by atoms with Gasteiger partial charge in [0, 0.05) is 33.8 Å². The van der Waals surface area contributed by atoms with Crippen LogP contribution in [0.25, 0.3) is 0 Å². The van der Waals surface area contributed by atoms with E-state index in [2.05, 4.69) is 10.7 Å². The van der Waals surface area contributed by atoms with E-state index < -0.39 is 0 Å². The van der Waals surface area contributed by atoms with E-state index in [4.69, 9.17) is 0 Å². The molecule has 0 saturated carbocycles. The van der Waals surface area contributed by atoms with Gasteiger partial charge in [-0.3, -0.25) is 4.79 Å². The van der Waals surface area contributed by atoms with Gasteiger partial charge in [-0.15, -0.1) is 0 Å². The molecule has 4 nitrogen and oxygen atoms in total. The molecule has 0 aromatic rings. The predicted molar refractivity (Wildman–Crippen MR) is 44.6 cm³/mol. The Labute approximate surface area is 67.2 Å². The molecule has 0 spiro atoms. The van der Waals surface area contributed by atoms with Crippen LogP contribution in [0.4, 0.5) is 0 Å². The van der Waals surface area contributed by atoms with Gasteiger partial charge in [-0.2, -0.15) is 0 Å². The van der Waals surface area contributed by atoms with E-state index in [0.717, 1.165) is 0 Å². The molecule has 0 fully saturated rings. The van der Waals surface area contributed by atoms with E-state index in [1.807, 2.05) is 26.4 Å². The zero-order valence-corrected chi connectivity index (χ0v) is 7.22. The van der Waals surface area contributed by atoms with Gasteiger partial charge < -0.3 is 10.3 Å². The van der Waals surface area contributed by atoms with Crippen molar-refractivity contribution in [3.8, 4) is 0 Å². The molecule has 2 N–H and O–H groups in total. The Morgan fingerprint density at radius 3 is 2.73 bits per heavy atom. The van der Waals surface area contributed by atoms with Crippen LogP contribution in [0.3, 0.4) is 0 Å². The number of amides is 1. The van der Waals surface area contributed by atoms with Crippen molar-refractivity contribution in [2.24, 2.45) is 0 Å². The Kier molecular flexibility index (Phi) is 5.20. The second-order valence-corrected chi connectivity index (χ2v) is 2.16. The maximum atomic E-state index is 10.4. The van der Waals surface area contributed by atoms with E-state index in [1.54, 1.807) is 5.01 Å². The summed E-state index contributed by atoms with van der Waals surface area (Å²) in [6, 6.07) is 0. The SMILES string of the molecule is CNN(C)/C=C\CNC(C)=O. The zero-order valence-electron chi connectivity index (χ0n) is 7.22. The fraction of sp³-hybridized carbons (Fsp3) is 0.571. The van der Waals surface area contributed by atoms with Crippen molar-refractivity contribution >= 4 is 5.91 Å². The molecule has 0 bridgehead atoms. The van der Waals surface area contributed by atoms with Crippen LogP contribution in [0.2, 0.25) is 0 Å². The molecule has 0 aliphatic heterocycles. The molecule has 0 atom stereocenters. The van der Waals surface area contributed by atoms with E-state index in [0.29, 0.717) is 6.54 Å². The molecule has 0 saturated heterocycles. The molecule has 1 amide bonds. The van der Waals surface area contributed by atoms with E-state index in [9.17, 15) is 4.79 Å². The number of hydrazine groups is 1.